The molecule has 0 atom stereocenters. The normalized spacial score (nSPS) is 10.9. The van der Waals surface area contributed by atoms with E-state index < -0.39 is 5.91 Å². The number of halogens is 2. The van der Waals surface area contributed by atoms with E-state index in [4.69, 9.17) is 43.7 Å². The van der Waals surface area contributed by atoms with Crippen LogP contribution in [0, 0.1) is 11.3 Å². The van der Waals surface area contributed by atoms with Gasteiger partial charge in [-0.25, -0.2) is 0 Å². The summed E-state index contributed by atoms with van der Waals surface area (Å²) in [6.07, 6.45) is 1.38. The molecule has 128 valence electrons. The number of nitriles is 1. The number of amides is 1. The van der Waals surface area contributed by atoms with Crippen molar-refractivity contribution in [1.82, 2.24) is 0 Å². The highest BCUT2D eigenvalue weighted by molar-refractivity contribution is 6.35. The van der Waals surface area contributed by atoms with Crippen molar-refractivity contribution in [2.24, 2.45) is 5.73 Å². The highest BCUT2D eigenvalue weighted by atomic mass is 35.5. The number of carbonyl (C=O) groups excluding carboxylic acids is 1. The van der Waals surface area contributed by atoms with Gasteiger partial charge in [-0.15, -0.1) is 0 Å². The molecule has 2 aromatic rings. The second kappa shape index (κ2) is 8.43. The van der Waals surface area contributed by atoms with Gasteiger partial charge in [0.2, 0.25) is 0 Å². The molecule has 25 heavy (non-hydrogen) atoms. The minimum atomic E-state index is -0.792. The lowest BCUT2D eigenvalue weighted by atomic mass is 10.1. The molecule has 5 nitrogen and oxygen atoms in total. The van der Waals surface area contributed by atoms with Crippen LogP contribution < -0.4 is 15.2 Å². The predicted octanol–water partition coefficient (Wildman–Crippen LogP) is 3.97. The van der Waals surface area contributed by atoms with E-state index in [0.717, 1.165) is 5.56 Å². The Kier molecular flexibility index (Phi) is 6.29. The van der Waals surface area contributed by atoms with E-state index in [-0.39, 0.29) is 12.2 Å². The summed E-state index contributed by atoms with van der Waals surface area (Å²) >= 11 is 12.0. The number of nitrogens with zero attached hydrogens (tertiary/aromatic N) is 1. The van der Waals surface area contributed by atoms with Gasteiger partial charge >= 0.3 is 0 Å². The summed E-state index contributed by atoms with van der Waals surface area (Å²) in [6.45, 7) is 0.228. The summed E-state index contributed by atoms with van der Waals surface area (Å²) in [5.41, 5.74) is 6.34. The summed E-state index contributed by atoms with van der Waals surface area (Å²) in [6, 6.07) is 11.9. The summed E-state index contributed by atoms with van der Waals surface area (Å²) < 4.78 is 11.0. The van der Waals surface area contributed by atoms with E-state index in [1.165, 1.54) is 13.2 Å². The number of hydrogen-bond acceptors (Lipinski definition) is 4. The first-order valence-corrected chi connectivity index (χ1v) is 7.86. The summed E-state index contributed by atoms with van der Waals surface area (Å²) in [7, 11) is 1.49. The minimum absolute atomic E-state index is 0.149. The van der Waals surface area contributed by atoms with Crippen molar-refractivity contribution in [2.75, 3.05) is 7.11 Å². The lowest BCUT2D eigenvalue weighted by Gasteiger charge is -2.12. The third kappa shape index (κ3) is 4.90. The standard InChI is InChI=1S/C18H14Cl2N2O3/c1-24-17-7-11(6-13(9-21)18(22)23)2-5-16(17)25-10-12-3-4-14(19)8-15(12)20/h2-8H,10H2,1H3,(H2,22,23). The van der Waals surface area contributed by atoms with Crippen LogP contribution in [-0.4, -0.2) is 13.0 Å². The van der Waals surface area contributed by atoms with E-state index in [0.29, 0.717) is 27.1 Å². The van der Waals surface area contributed by atoms with E-state index >= 15 is 0 Å². The number of hydrogen-bond donors (Lipinski definition) is 1. The fourth-order valence-electron chi connectivity index (χ4n) is 2.01. The van der Waals surface area contributed by atoms with Crippen LogP contribution in [0.4, 0.5) is 0 Å². The fraction of sp³-hybridized carbons (Fsp3) is 0.111. The molecule has 0 spiro atoms. The monoisotopic (exact) mass is 376 g/mol. The van der Waals surface area contributed by atoms with Gasteiger partial charge in [0.15, 0.2) is 11.5 Å². The third-order valence-electron chi connectivity index (χ3n) is 3.28. The van der Waals surface area contributed by atoms with Crippen LogP contribution in [0.25, 0.3) is 6.08 Å². The lowest BCUT2D eigenvalue weighted by Crippen LogP contribution is -2.12. The van der Waals surface area contributed by atoms with Crippen LogP contribution in [0.15, 0.2) is 42.0 Å². The maximum atomic E-state index is 11.1. The Morgan fingerprint density at radius 2 is 2.00 bits per heavy atom. The number of ether oxygens (including phenoxy) is 2. The first-order valence-electron chi connectivity index (χ1n) is 7.11. The van der Waals surface area contributed by atoms with Crippen molar-refractivity contribution in [3.05, 3.63) is 63.1 Å². The topological polar surface area (TPSA) is 85.3 Å². The smallest absolute Gasteiger partial charge is 0.259 e. The van der Waals surface area contributed by atoms with Crippen LogP contribution >= 0.6 is 23.2 Å². The summed E-state index contributed by atoms with van der Waals surface area (Å²) in [4.78, 5) is 11.1. The molecule has 0 aliphatic heterocycles. The zero-order valence-electron chi connectivity index (χ0n) is 13.3. The molecule has 7 heteroatoms. The van der Waals surface area contributed by atoms with Crippen LogP contribution in [0.2, 0.25) is 10.0 Å². The Labute approximate surface area is 155 Å². The molecular formula is C18H14Cl2N2O3. The van der Waals surface area contributed by atoms with Crippen molar-refractivity contribution in [1.29, 1.82) is 5.26 Å². The van der Waals surface area contributed by atoms with Crippen molar-refractivity contribution >= 4 is 35.2 Å². The van der Waals surface area contributed by atoms with Crippen LogP contribution in [0.3, 0.4) is 0 Å². The number of methoxy groups -OCH3 is 1. The van der Waals surface area contributed by atoms with Crippen molar-refractivity contribution < 1.29 is 14.3 Å². The van der Waals surface area contributed by atoms with Gasteiger partial charge in [-0.05, 0) is 35.9 Å². The highest BCUT2D eigenvalue weighted by Crippen LogP contribution is 2.30. The summed E-state index contributed by atoms with van der Waals surface area (Å²) in [5.74, 6) is 0.142. The van der Waals surface area contributed by atoms with E-state index in [9.17, 15) is 4.79 Å². The van der Waals surface area contributed by atoms with Crippen molar-refractivity contribution in [3.63, 3.8) is 0 Å². The van der Waals surface area contributed by atoms with Gasteiger partial charge in [0, 0.05) is 15.6 Å². The second-order valence-electron chi connectivity index (χ2n) is 4.97. The van der Waals surface area contributed by atoms with Gasteiger partial charge in [0.1, 0.15) is 18.2 Å². The molecule has 0 radical (unpaired) electrons. The van der Waals surface area contributed by atoms with Crippen LogP contribution in [0.5, 0.6) is 11.5 Å². The molecule has 0 saturated heterocycles. The maximum absolute atomic E-state index is 11.1. The minimum Gasteiger partial charge on any atom is -0.493 e. The number of nitrogens with two attached hydrogens (primary N) is 1. The number of carbonyl (C=O) groups is 1. The molecule has 0 unspecified atom stereocenters. The molecule has 0 heterocycles. The molecular weight excluding hydrogens is 363 g/mol. The first kappa shape index (κ1) is 18.7. The average molecular weight is 377 g/mol. The first-order chi connectivity index (χ1) is 11.9. The van der Waals surface area contributed by atoms with Crippen LogP contribution in [-0.2, 0) is 11.4 Å². The largest absolute Gasteiger partial charge is 0.493 e. The molecule has 2 aromatic carbocycles. The molecule has 0 aliphatic carbocycles. The number of primary amides is 1. The zero-order chi connectivity index (χ0) is 18.4. The quantitative estimate of drug-likeness (QED) is 0.610. The summed E-state index contributed by atoms with van der Waals surface area (Å²) in [5, 5.41) is 9.95. The number of rotatable bonds is 6. The Morgan fingerprint density at radius 1 is 1.24 bits per heavy atom. The Bertz CT molecular complexity index is 873. The molecule has 2 N–H and O–H groups in total. The molecule has 0 aromatic heterocycles. The molecule has 0 aliphatic rings. The fourth-order valence-corrected chi connectivity index (χ4v) is 2.48. The Morgan fingerprint density at radius 3 is 2.60 bits per heavy atom. The van der Waals surface area contributed by atoms with Crippen LogP contribution in [0.1, 0.15) is 11.1 Å². The van der Waals surface area contributed by atoms with Gasteiger partial charge in [0.05, 0.1) is 7.11 Å². The Hall–Kier alpha value is -2.68. The molecule has 1 amide bonds. The molecule has 0 fully saturated rings. The van der Waals surface area contributed by atoms with Gasteiger partial charge < -0.3 is 15.2 Å². The van der Waals surface area contributed by atoms with Gasteiger partial charge in [0.25, 0.3) is 5.91 Å². The van der Waals surface area contributed by atoms with E-state index in [1.54, 1.807) is 42.5 Å². The van der Waals surface area contributed by atoms with Crippen molar-refractivity contribution in [3.8, 4) is 17.6 Å². The Balaban J connectivity index is 2.22. The second-order valence-corrected chi connectivity index (χ2v) is 5.81. The van der Waals surface area contributed by atoms with Crippen molar-refractivity contribution in [2.45, 2.75) is 6.61 Å². The molecule has 0 saturated carbocycles. The maximum Gasteiger partial charge on any atom is 0.259 e. The number of benzene rings is 2. The SMILES string of the molecule is COc1cc(C=C(C#N)C(N)=O)ccc1OCc1ccc(Cl)cc1Cl. The molecule has 2 rings (SSSR count). The molecule has 0 bridgehead atoms. The van der Waals surface area contributed by atoms with E-state index in [1.807, 2.05) is 0 Å². The third-order valence-corrected chi connectivity index (χ3v) is 3.87. The van der Waals surface area contributed by atoms with Gasteiger partial charge in [-0.2, -0.15) is 5.26 Å². The lowest BCUT2D eigenvalue weighted by molar-refractivity contribution is -0.114. The average Bonchev–Trinajstić information content (AvgIpc) is 2.59. The predicted molar refractivity (Wildman–Crippen MR) is 96.6 cm³/mol. The van der Waals surface area contributed by atoms with Gasteiger partial charge in [-0.1, -0.05) is 35.3 Å². The zero-order valence-corrected chi connectivity index (χ0v) is 14.8. The highest BCUT2D eigenvalue weighted by Gasteiger charge is 2.09. The van der Waals surface area contributed by atoms with E-state index in [2.05, 4.69) is 0 Å². The van der Waals surface area contributed by atoms with Gasteiger partial charge in [-0.3, -0.25) is 4.79 Å².